The highest BCUT2D eigenvalue weighted by Gasteiger charge is 2.35. The summed E-state index contributed by atoms with van der Waals surface area (Å²) >= 11 is 24.1. The van der Waals surface area contributed by atoms with Crippen molar-refractivity contribution >= 4 is 81.4 Å². The third-order valence-corrected chi connectivity index (χ3v) is 5.75. The second-order valence-electron chi connectivity index (χ2n) is 6.84. The first-order chi connectivity index (χ1) is 15.2. The van der Waals surface area contributed by atoms with Crippen LogP contribution in [0.25, 0.3) is 0 Å². The van der Waals surface area contributed by atoms with Crippen LogP contribution in [0.15, 0.2) is 41.2 Å². The minimum Gasteiger partial charge on any atom is -0.324 e. The molecule has 0 aliphatic carbocycles. The lowest BCUT2D eigenvalue weighted by Crippen LogP contribution is -2.36. The lowest BCUT2D eigenvalue weighted by atomic mass is 9.92. The number of carbonyl (C=O) groups is 2. The number of aromatic amines is 1. The van der Waals surface area contributed by atoms with Crippen molar-refractivity contribution in [2.75, 3.05) is 16.0 Å². The number of aromatic nitrogens is 2. The standard InChI is InChI=1S/C20H13Cl4N5O3/c21-8-2-4-13(12(24)5-8)26-20-28-17-16(19(32)29-20)10(7-15(30)27-17)18(31)25-14-6-9(22)1-3-11(14)23/h1-6,10H,7H2,(H,25,31)(H3,26,27,28,29,30,32)/t10-/m0/s1. The fourth-order valence-electron chi connectivity index (χ4n) is 3.19. The molecule has 2 heterocycles. The minimum absolute atomic E-state index is 0.0213. The zero-order chi connectivity index (χ0) is 23.0. The lowest BCUT2D eigenvalue weighted by molar-refractivity contribution is -0.123. The smallest absolute Gasteiger partial charge is 0.258 e. The van der Waals surface area contributed by atoms with Crippen LogP contribution in [0.2, 0.25) is 20.1 Å². The number of halogens is 4. The Morgan fingerprint density at radius 2 is 1.69 bits per heavy atom. The van der Waals surface area contributed by atoms with Crippen LogP contribution in [0.1, 0.15) is 17.9 Å². The topological polar surface area (TPSA) is 116 Å². The van der Waals surface area contributed by atoms with Gasteiger partial charge in [0.1, 0.15) is 5.82 Å². The Balaban J connectivity index is 1.66. The summed E-state index contributed by atoms with van der Waals surface area (Å²) in [4.78, 5) is 44.8. The molecule has 4 rings (SSSR count). The van der Waals surface area contributed by atoms with E-state index < -0.39 is 23.3 Å². The van der Waals surface area contributed by atoms with E-state index in [-0.39, 0.29) is 34.5 Å². The molecule has 0 fully saturated rings. The quantitative estimate of drug-likeness (QED) is 0.383. The lowest BCUT2D eigenvalue weighted by Gasteiger charge is -2.24. The largest absolute Gasteiger partial charge is 0.324 e. The van der Waals surface area contributed by atoms with Gasteiger partial charge in [0.2, 0.25) is 17.8 Å². The van der Waals surface area contributed by atoms with Crippen molar-refractivity contribution in [2.24, 2.45) is 0 Å². The summed E-state index contributed by atoms with van der Waals surface area (Å²) in [6, 6.07) is 9.29. The molecule has 4 N–H and O–H groups in total. The Morgan fingerprint density at radius 1 is 0.969 bits per heavy atom. The zero-order valence-corrected chi connectivity index (χ0v) is 19.0. The average Bonchev–Trinajstić information content (AvgIpc) is 2.72. The van der Waals surface area contributed by atoms with Crippen LogP contribution in [0, 0.1) is 0 Å². The Bertz CT molecular complexity index is 1310. The van der Waals surface area contributed by atoms with Gasteiger partial charge in [0.25, 0.3) is 5.56 Å². The molecule has 0 spiro atoms. The van der Waals surface area contributed by atoms with Gasteiger partial charge in [-0.05, 0) is 36.4 Å². The predicted molar refractivity (Wildman–Crippen MR) is 126 cm³/mol. The van der Waals surface area contributed by atoms with Gasteiger partial charge in [0.15, 0.2) is 0 Å². The van der Waals surface area contributed by atoms with Gasteiger partial charge in [-0.15, -0.1) is 0 Å². The number of fused-ring (bicyclic) bond motifs is 1. The molecular weight excluding hydrogens is 500 g/mol. The molecule has 1 aromatic heterocycles. The van der Waals surface area contributed by atoms with Crippen LogP contribution < -0.4 is 21.5 Å². The zero-order valence-electron chi connectivity index (χ0n) is 15.9. The van der Waals surface area contributed by atoms with Crippen molar-refractivity contribution in [1.29, 1.82) is 0 Å². The van der Waals surface area contributed by atoms with Gasteiger partial charge in [-0.1, -0.05) is 46.4 Å². The highest BCUT2D eigenvalue weighted by molar-refractivity contribution is 6.36. The van der Waals surface area contributed by atoms with Gasteiger partial charge in [-0.3, -0.25) is 19.4 Å². The second-order valence-corrected chi connectivity index (χ2v) is 8.53. The number of amides is 2. The molecule has 1 aliphatic heterocycles. The van der Waals surface area contributed by atoms with Gasteiger partial charge in [0.05, 0.1) is 32.9 Å². The first-order valence-electron chi connectivity index (χ1n) is 9.13. The molecule has 3 aromatic rings. The molecule has 164 valence electrons. The molecule has 0 radical (unpaired) electrons. The third kappa shape index (κ3) is 4.68. The Kier molecular flexibility index (Phi) is 6.30. The average molecular weight is 513 g/mol. The molecule has 1 aliphatic rings. The van der Waals surface area contributed by atoms with Crippen LogP contribution in [0.4, 0.5) is 23.1 Å². The molecule has 8 nitrogen and oxygen atoms in total. The molecular formula is C20H13Cl4N5O3. The van der Waals surface area contributed by atoms with E-state index in [1.54, 1.807) is 18.2 Å². The molecule has 32 heavy (non-hydrogen) atoms. The van der Waals surface area contributed by atoms with Crippen LogP contribution in [0.3, 0.4) is 0 Å². The molecule has 0 saturated carbocycles. The number of benzene rings is 2. The second kappa shape index (κ2) is 8.99. The maximum atomic E-state index is 12.9. The number of hydrogen-bond acceptors (Lipinski definition) is 5. The maximum Gasteiger partial charge on any atom is 0.258 e. The van der Waals surface area contributed by atoms with Crippen LogP contribution in [-0.4, -0.2) is 21.8 Å². The number of carbonyl (C=O) groups excluding carboxylic acids is 2. The van der Waals surface area contributed by atoms with Gasteiger partial charge < -0.3 is 16.0 Å². The molecule has 0 unspecified atom stereocenters. The van der Waals surface area contributed by atoms with Gasteiger partial charge in [-0.25, -0.2) is 0 Å². The fourth-order valence-corrected chi connectivity index (χ4v) is 3.98. The molecule has 12 heteroatoms. The number of nitrogens with one attached hydrogen (secondary N) is 4. The van der Waals surface area contributed by atoms with Crippen LogP contribution in [0.5, 0.6) is 0 Å². The van der Waals surface area contributed by atoms with E-state index in [1.165, 1.54) is 18.2 Å². The number of rotatable bonds is 4. The van der Waals surface area contributed by atoms with E-state index in [9.17, 15) is 14.4 Å². The van der Waals surface area contributed by atoms with Gasteiger partial charge >= 0.3 is 0 Å². The maximum absolute atomic E-state index is 12.9. The number of anilines is 4. The number of nitrogens with zero attached hydrogens (tertiary/aromatic N) is 1. The van der Waals surface area contributed by atoms with Crippen molar-refractivity contribution in [3.63, 3.8) is 0 Å². The van der Waals surface area contributed by atoms with Crippen molar-refractivity contribution in [1.82, 2.24) is 9.97 Å². The fraction of sp³-hybridized carbons (Fsp3) is 0.100. The molecule has 2 amide bonds. The first-order valence-corrected chi connectivity index (χ1v) is 10.6. The minimum atomic E-state index is -1.08. The van der Waals surface area contributed by atoms with Gasteiger partial charge in [0, 0.05) is 16.5 Å². The van der Waals surface area contributed by atoms with E-state index >= 15 is 0 Å². The summed E-state index contributed by atoms with van der Waals surface area (Å²) in [6.07, 6.45) is -0.239. The number of hydrogen-bond donors (Lipinski definition) is 4. The summed E-state index contributed by atoms with van der Waals surface area (Å²) in [6.45, 7) is 0. The van der Waals surface area contributed by atoms with Crippen molar-refractivity contribution < 1.29 is 9.59 Å². The Hall–Kier alpha value is -2.78. The summed E-state index contributed by atoms with van der Waals surface area (Å²) in [5, 5.41) is 9.37. The van der Waals surface area contributed by atoms with E-state index in [1.807, 2.05) is 0 Å². The van der Waals surface area contributed by atoms with Crippen LogP contribution >= 0.6 is 46.4 Å². The van der Waals surface area contributed by atoms with E-state index in [4.69, 9.17) is 46.4 Å². The van der Waals surface area contributed by atoms with Crippen molar-refractivity contribution in [3.05, 3.63) is 72.4 Å². The molecule has 2 aromatic carbocycles. The summed E-state index contributed by atoms with van der Waals surface area (Å²) in [5.74, 6) is -2.16. The highest BCUT2D eigenvalue weighted by Crippen LogP contribution is 2.33. The summed E-state index contributed by atoms with van der Waals surface area (Å²) in [5.41, 5.74) is 0.121. The Morgan fingerprint density at radius 3 is 2.44 bits per heavy atom. The van der Waals surface area contributed by atoms with Gasteiger partial charge in [-0.2, -0.15) is 4.98 Å². The normalized spacial score (nSPS) is 15.0. The Labute approximate surface area is 201 Å². The SMILES string of the molecule is O=C1C[C@H](C(=O)Nc2cc(Cl)ccc2Cl)c2c(nc(Nc3ccc(Cl)cc3Cl)[nH]c2=O)N1. The predicted octanol–water partition coefficient (Wildman–Crippen LogP) is 5.19. The first kappa shape index (κ1) is 22.4. The van der Waals surface area contributed by atoms with E-state index in [2.05, 4.69) is 25.9 Å². The summed E-state index contributed by atoms with van der Waals surface area (Å²) < 4.78 is 0. The van der Waals surface area contributed by atoms with E-state index in [0.29, 0.717) is 20.8 Å². The van der Waals surface area contributed by atoms with E-state index in [0.717, 1.165) is 0 Å². The monoisotopic (exact) mass is 511 g/mol. The van der Waals surface area contributed by atoms with Crippen LogP contribution in [-0.2, 0) is 9.59 Å². The molecule has 0 bridgehead atoms. The molecule has 0 saturated heterocycles. The van der Waals surface area contributed by atoms with Crippen molar-refractivity contribution in [3.8, 4) is 0 Å². The summed E-state index contributed by atoms with van der Waals surface area (Å²) in [7, 11) is 0. The van der Waals surface area contributed by atoms with Crippen molar-refractivity contribution in [2.45, 2.75) is 12.3 Å². The third-order valence-electron chi connectivity index (χ3n) is 4.64. The molecule has 1 atom stereocenters. The highest BCUT2D eigenvalue weighted by atomic mass is 35.5. The number of H-pyrrole nitrogens is 1.